The summed E-state index contributed by atoms with van der Waals surface area (Å²) in [5.74, 6) is 1.33. The monoisotopic (exact) mass is 523 g/mol. The van der Waals surface area contributed by atoms with Crippen LogP contribution in [0, 0.1) is 25.2 Å². The van der Waals surface area contributed by atoms with Crippen molar-refractivity contribution in [2.75, 3.05) is 44.2 Å². The SMILES string of the molecule is Cc1nc(N[C@H](C)c2cccc(C#N)c2C)c2cc(P3(=O)CCN(C(=O)CF)CC3)c3c(c2n1)OCO3. The number of nitrogens with one attached hydrogen (secondary N) is 1. The van der Waals surface area contributed by atoms with Gasteiger partial charge >= 0.3 is 0 Å². The molecule has 2 aliphatic rings. The average Bonchev–Trinajstić information content (AvgIpc) is 3.38. The molecule has 37 heavy (non-hydrogen) atoms. The van der Waals surface area contributed by atoms with Crippen LogP contribution >= 0.6 is 7.14 Å². The van der Waals surface area contributed by atoms with Gasteiger partial charge in [0.05, 0.1) is 23.0 Å². The Hall–Kier alpha value is -3.70. The Morgan fingerprint density at radius 2 is 1.97 bits per heavy atom. The van der Waals surface area contributed by atoms with Crippen LogP contribution in [0.15, 0.2) is 24.3 Å². The second-order valence-electron chi connectivity index (χ2n) is 9.32. The molecule has 5 rings (SSSR count). The van der Waals surface area contributed by atoms with E-state index in [1.54, 1.807) is 13.0 Å². The van der Waals surface area contributed by atoms with Crippen LogP contribution in [-0.2, 0) is 9.36 Å². The van der Waals surface area contributed by atoms with Crippen molar-refractivity contribution >= 4 is 35.1 Å². The third-order valence-corrected chi connectivity index (χ3v) is 10.1. The molecule has 0 radical (unpaired) electrons. The number of fused-ring (bicyclic) bond motifs is 3. The third-order valence-electron chi connectivity index (χ3n) is 7.08. The van der Waals surface area contributed by atoms with E-state index in [1.807, 2.05) is 32.0 Å². The van der Waals surface area contributed by atoms with Crippen LogP contribution in [0.2, 0.25) is 0 Å². The lowest BCUT2D eigenvalue weighted by atomic mass is 9.98. The van der Waals surface area contributed by atoms with E-state index in [9.17, 15) is 19.0 Å². The van der Waals surface area contributed by atoms with Crippen LogP contribution < -0.4 is 20.1 Å². The van der Waals surface area contributed by atoms with Gasteiger partial charge < -0.3 is 24.3 Å². The van der Waals surface area contributed by atoms with Gasteiger partial charge in [0.25, 0.3) is 5.91 Å². The largest absolute Gasteiger partial charge is 0.453 e. The minimum absolute atomic E-state index is 0.0176. The molecule has 1 atom stereocenters. The number of nitriles is 1. The molecule has 0 spiro atoms. The first kappa shape index (κ1) is 25.0. The second kappa shape index (κ2) is 9.64. The van der Waals surface area contributed by atoms with Crippen molar-refractivity contribution in [3.63, 3.8) is 0 Å². The Morgan fingerprint density at radius 3 is 2.68 bits per heavy atom. The summed E-state index contributed by atoms with van der Waals surface area (Å²) in [6.45, 7) is 5.04. The number of amides is 1. The van der Waals surface area contributed by atoms with Gasteiger partial charge in [0, 0.05) is 30.8 Å². The predicted octanol–water partition coefficient (Wildman–Crippen LogP) is 3.82. The number of halogens is 1. The third kappa shape index (κ3) is 4.38. The number of carbonyl (C=O) groups excluding carboxylic acids is 1. The zero-order chi connectivity index (χ0) is 26.3. The van der Waals surface area contributed by atoms with Gasteiger partial charge in [-0.3, -0.25) is 4.79 Å². The van der Waals surface area contributed by atoms with Gasteiger partial charge in [0.1, 0.15) is 24.3 Å². The van der Waals surface area contributed by atoms with Crippen molar-refractivity contribution in [2.45, 2.75) is 26.8 Å². The van der Waals surface area contributed by atoms with E-state index in [4.69, 9.17) is 9.47 Å². The number of hydrogen-bond donors (Lipinski definition) is 1. The lowest BCUT2D eigenvalue weighted by Gasteiger charge is -2.32. The van der Waals surface area contributed by atoms with Crippen LogP contribution in [0.4, 0.5) is 10.2 Å². The number of carbonyl (C=O) groups is 1. The lowest BCUT2D eigenvalue weighted by Crippen LogP contribution is -2.41. The number of aryl methyl sites for hydroxylation is 1. The van der Waals surface area contributed by atoms with E-state index in [0.717, 1.165) is 11.1 Å². The van der Waals surface area contributed by atoms with Crippen LogP contribution in [0.3, 0.4) is 0 Å². The van der Waals surface area contributed by atoms with Crippen LogP contribution in [-0.4, -0.2) is 59.7 Å². The summed E-state index contributed by atoms with van der Waals surface area (Å²) >= 11 is 0. The number of ether oxygens (including phenoxy) is 2. The normalized spacial score (nSPS) is 16.9. The first-order valence-corrected chi connectivity index (χ1v) is 14.1. The molecule has 11 heteroatoms. The Morgan fingerprint density at radius 1 is 1.24 bits per heavy atom. The molecule has 1 N–H and O–H groups in total. The van der Waals surface area contributed by atoms with Crippen molar-refractivity contribution < 1.29 is 23.2 Å². The van der Waals surface area contributed by atoms with Gasteiger partial charge in [-0.2, -0.15) is 5.26 Å². The lowest BCUT2D eigenvalue weighted by molar-refractivity contribution is -0.131. The highest BCUT2D eigenvalue weighted by atomic mass is 31.2. The maximum atomic E-state index is 14.2. The van der Waals surface area contributed by atoms with Crippen molar-refractivity contribution in [1.82, 2.24) is 14.9 Å². The highest BCUT2D eigenvalue weighted by molar-refractivity contribution is 7.72. The zero-order valence-electron chi connectivity index (χ0n) is 20.9. The van der Waals surface area contributed by atoms with Gasteiger partial charge in [0.15, 0.2) is 18.2 Å². The Labute approximate surface area is 214 Å². The van der Waals surface area contributed by atoms with E-state index < -0.39 is 19.7 Å². The summed E-state index contributed by atoms with van der Waals surface area (Å²) in [5.41, 5.74) is 3.01. The van der Waals surface area contributed by atoms with Crippen molar-refractivity contribution in [3.8, 4) is 17.6 Å². The summed E-state index contributed by atoms with van der Waals surface area (Å²) in [6.07, 6.45) is 0.457. The minimum Gasteiger partial charge on any atom is -0.453 e. The highest BCUT2D eigenvalue weighted by Gasteiger charge is 2.38. The number of rotatable bonds is 5. The fourth-order valence-corrected chi connectivity index (χ4v) is 7.78. The molecule has 0 unspecified atom stereocenters. The molecule has 1 fully saturated rings. The first-order chi connectivity index (χ1) is 17.8. The summed E-state index contributed by atoms with van der Waals surface area (Å²) in [6, 6.07) is 9.45. The Balaban J connectivity index is 1.58. The average molecular weight is 524 g/mol. The molecule has 2 aliphatic heterocycles. The minimum atomic E-state index is -2.98. The molecule has 3 heterocycles. The predicted molar refractivity (Wildman–Crippen MR) is 138 cm³/mol. The fourth-order valence-electron chi connectivity index (χ4n) is 5.04. The molecule has 192 valence electrons. The first-order valence-electron chi connectivity index (χ1n) is 12.0. The standard InChI is InChI=1S/C26H27FN5O4P/c1-15-18(13-28)5-4-6-19(15)16(2)29-26-20-11-21(37(34)9-7-32(8-10-37)22(33)12-27)24-25(36-14-35-24)23(20)30-17(3)31-26/h4-6,11,16H,7-10,12,14H2,1-3H3,(H,29,30,31)/t16-/m1/s1. The van der Waals surface area contributed by atoms with Gasteiger partial charge in [-0.25, -0.2) is 14.4 Å². The van der Waals surface area contributed by atoms with Crippen molar-refractivity contribution in [2.24, 2.45) is 0 Å². The number of aromatic nitrogens is 2. The molecule has 3 aromatic rings. The number of alkyl halides is 1. The molecule has 0 saturated carbocycles. The van der Waals surface area contributed by atoms with Crippen molar-refractivity contribution in [3.05, 3.63) is 46.8 Å². The van der Waals surface area contributed by atoms with E-state index in [2.05, 4.69) is 21.4 Å². The van der Waals surface area contributed by atoms with Gasteiger partial charge in [0.2, 0.25) is 6.79 Å². The van der Waals surface area contributed by atoms with Crippen molar-refractivity contribution in [1.29, 1.82) is 5.26 Å². The van der Waals surface area contributed by atoms with E-state index in [-0.39, 0.29) is 38.2 Å². The summed E-state index contributed by atoms with van der Waals surface area (Å²) < 4.78 is 38.6. The fraction of sp³-hybridized carbons (Fsp3) is 0.385. The van der Waals surface area contributed by atoms with Crippen LogP contribution in [0.1, 0.15) is 35.5 Å². The Bertz CT molecular complexity index is 1490. The quantitative estimate of drug-likeness (QED) is 0.502. The molecule has 1 amide bonds. The zero-order valence-corrected chi connectivity index (χ0v) is 21.8. The van der Waals surface area contributed by atoms with E-state index in [0.29, 0.717) is 44.9 Å². The molecule has 9 nitrogen and oxygen atoms in total. The summed E-state index contributed by atoms with van der Waals surface area (Å²) in [4.78, 5) is 22.5. The molecule has 1 saturated heterocycles. The van der Waals surface area contributed by atoms with Crippen LogP contribution in [0.5, 0.6) is 11.5 Å². The van der Waals surface area contributed by atoms with Gasteiger partial charge in [-0.05, 0) is 44.0 Å². The number of hydrogen-bond acceptors (Lipinski definition) is 8. The molecular weight excluding hydrogens is 496 g/mol. The van der Waals surface area contributed by atoms with E-state index >= 15 is 0 Å². The number of benzene rings is 2. The molecule has 1 aromatic heterocycles. The maximum Gasteiger partial charge on any atom is 0.253 e. The maximum absolute atomic E-state index is 14.2. The van der Waals surface area contributed by atoms with Gasteiger partial charge in [-0.15, -0.1) is 0 Å². The summed E-state index contributed by atoms with van der Waals surface area (Å²) in [7, 11) is -2.98. The highest BCUT2D eigenvalue weighted by Crippen LogP contribution is 2.53. The molecule has 2 aromatic carbocycles. The Kier molecular flexibility index (Phi) is 6.50. The molecule has 0 aliphatic carbocycles. The van der Waals surface area contributed by atoms with Gasteiger partial charge in [-0.1, -0.05) is 12.1 Å². The number of nitrogens with zero attached hydrogens (tertiary/aromatic N) is 4. The van der Waals surface area contributed by atoms with Crippen LogP contribution in [0.25, 0.3) is 10.9 Å². The molecular formula is C26H27FN5O4P. The summed E-state index contributed by atoms with van der Waals surface area (Å²) in [5, 5.41) is 14.1. The topological polar surface area (TPSA) is 117 Å². The molecule has 0 bridgehead atoms. The van der Waals surface area contributed by atoms with E-state index in [1.165, 1.54) is 4.90 Å². The second-order valence-corrected chi connectivity index (χ2v) is 12.5. The smallest absolute Gasteiger partial charge is 0.253 e. The number of anilines is 1.